The predicted molar refractivity (Wildman–Crippen MR) is 86.8 cm³/mol. The summed E-state index contributed by atoms with van der Waals surface area (Å²) in [6.45, 7) is 0. The number of halogens is 4. The fraction of sp³-hybridized carbons (Fsp3) is 0.0588. The van der Waals surface area contributed by atoms with E-state index in [9.17, 15) is 27.7 Å². The second-order valence-electron chi connectivity index (χ2n) is 5.16. The Labute approximate surface area is 143 Å². The third-order valence-corrected chi connectivity index (χ3v) is 4.74. The number of thiophene rings is 1. The molecule has 0 saturated carbocycles. The molecule has 3 aromatic rings. The van der Waals surface area contributed by atoms with Crippen molar-refractivity contribution in [2.75, 3.05) is 0 Å². The minimum Gasteiger partial charge on any atom is -0.258 e. The summed E-state index contributed by atoms with van der Waals surface area (Å²) in [4.78, 5) is 9.67. The average molecular weight is 367 g/mol. The normalized spacial score (nSPS) is 11.5. The number of alkyl halides is 3. The number of hydrogen-bond acceptors (Lipinski definition) is 3. The molecule has 0 radical (unpaired) electrons. The number of benzene rings is 2. The number of nitrogens with zero attached hydrogens (tertiary/aromatic N) is 1. The molecule has 128 valence electrons. The highest BCUT2D eigenvalue weighted by Gasteiger charge is 2.34. The second kappa shape index (κ2) is 6.29. The molecule has 8 heteroatoms. The molecule has 0 aliphatic heterocycles. The smallest absolute Gasteiger partial charge is 0.258 e. The number of non-ortho nitro benzene ring substituents is 1. The maximum atomic E-state index is 13.1. The molecule has 25 heavy (non-hydrogen) atoms. The SMILES string of the molecule is O=[N+]([O-])c1ccc(-c2cc(C(F)(F)F)sc2-c2ccc(F)cc2)cc1. The highest BCUT2D eigenvalue weighted by Crippen LogP contribution is 2.45. The van der Waals surface area contributed by atoms with Crippen LogP contribution in [0.25, 0.3) is 21.6 Å². The molecule has 0 atom stereocenters. The molecule has 0 amide bonds. The predicted octanol–water partition coefficient (Wildman–Crippen LogP) is 6.15. The Kier molecular flexibility index (Phi) is 4.30. The lowest BCUT2D eigenvalue weighted by atomic mass is 10.0. The summed E-state index contributed by atoms with van der Waals surface area (Å²) < 4.78 is 52.4. The van der Waals surface area contributed by atoms with E-state index in [0.717, 1.165) is 6.07 Å². The summed E-state index contributed by atoms with van der Waals surface area (Å²) in [5.41, 5.74) is 0.990. The molecule has 3 nitrogen and oxygen atoms in total. The van der Waals surface area contributed by atoms with Gasteiger partial charge in [0.15, 0.2) is 0 Å². The first-order valence-corrected chi connectivity index (χ1v) is 7.79. The van der Waals surface area contributed by atoms with Gasteiger partial charge in [-0.2, -0.15) is 13.2 Å². The molecule has 0 saturated heterocycles. The molecular weight excluding hydrogens is 358 g/mol. The van der Waals surface area contributed by atoms with Gasteiger partial charge in [0.1, 0.15) is 10.7 Å². The van der Waals surface area contributed by atoms with E-state index in [1.807, 2.05) is 0 Å². The quantitative estimate of drug-likeness (QED) is 0.317. The molecule has 0 aliphatic rings. The Hall–Kier alpha value is -2.74. The van der Waals surface area contributed by atoms with Crippen molar-refractivity contribution in [1.82, 2.24) is 0 Å². The largest absolute Gasteiger partial charge is 0.425 e. The Morgan fingerprint density at radius 1 is 0.920 bits per heavy atom. The summed E-state index contributed by atoms with van der Waals surface area (Å²) in [5, 5.41) is 10.7. The van der Waals surface area contributed by atoms with Crippen LogP contribution in [0.15, 0.2) is 54.6 Å². The maximum Gasteiger partial charge on any atom is 0.425 e. The van der Waals surface area contributed by atoms with E-state index in [0.29, 0.717) is 32.9 Å². The summed E-state index contributed by atoms with van der Waals surface area (Å²) in [7, 11) is 0. The van der Waals surface area contributed by atoms with Gasteiger partial charge in [-0.1, -0.05) is 12.1 Å². The maximum absolute atomic E-state index is 13.1. The molecule has 0 aliphatic carbocycles. The van der Waals surface area contributed by atoms with Crippen molar-refractivity contribution in [3.63, 3.8) is 0 Å². The summed E-state index contributed by atoms with van der Waals surface area (Å²) >= 11 is 0.549. The molecule has 2 aromatic carbocycles. The minimum atomic E-state index is -4.52. The van der Waals surface area contributed by atoms with Crippen molar-refractivity contribution in [3.05, 3.63) is 75.4 Å². The van der Waals surface area contributed by atoms with E-state index in [4.69, 9.17) is 0 Å². The van der Waals surface area contributed by atoms with Crippen LogP contribution < -0.4 is 0 Å². The van der Waals surface area contributed by atoms with Crippen LogP contribution in [0.1, 0.15) is 4.88 Å². The standard InChI is InChI=1S/C17H9F4NO2S/c18-12-5-1-11(2-6-12)16-14(9-15(25-16)17(19,20)21)10-3-7-13(8-4-10)22(23)24/h1-9H. The van der Waals surface area contributed by atoms with Crippen molar-refractivity contribution in [3.8, 4) is 21.6 Å². The van der Waals surface area contributed by atoms with E-state index in [1.54, 1.807) is 0 Å². The van der Waals surface area contributed by atoms with Crippen LogP contribution in [0, 0.1) is 15.9 Å². The van der Waals surface area contributed by atoms with Crippen LogP contribution in [-0.2, 0) is 6.18 Å². The van der Waals surface area contributed by atoms with Gasteiger partial charge < -0.3 is 0 Å². The fourth-order valence-electron chi connectivity index (χ4n) is 2.32. The summed E-state index contributed by atoms with van der Waals surface area (Å²) in [5.74, 6) is -0.492. The molecule has 0 bridgehead atoms. The second-order valence-corrected chi connectivity index (χ2v) is 6.21. The number of hydrogen-bond donors (Lipinski definition) is 0. The summed E-state index contributed by atoms with van der Waals surface area (Å²) in [6.07, 6.45) is -4.52. The van der Waals surface area contributed by atoms with Crippen LogP contribution in [-0.4, -0.2) is 4.92 Å². The number of rotatable bonds is 3. The highest BCUT2D eigenvalue weighted by atomic mass is 32.1. The van der Waals surface area contributed by atoms with Crippen molar-refractivity contribution >= 4 is 17.0 Å². The van der Waals surface area contributed by atoms with Crippen molar-refractivity contribution in [2.45, 2.75) is 6.18 Å². The van der Waals surface area contributed by atoms with Gasteiger partial charge in [-0.15, -0.1) is 11.3 Å². The van der Waals surface area contributed by atoms with E-state index in [2.05, 4.69) is 0 Å². The van der Waals surface area contributed by atoms with Crippen LogP contribution in [0.3, 0.4) is 0 Å². The third-order valence-electron chi connectivity index (χ3n) is 3.51. The van der Waals surface area contributed by atoms with Crippen LogP contribution >= 0.6 is 11.3 Å². The number of nitro groups is 1. The van der Waals surface area contributed by atoms with Gasteiger partial charge in [-0.05, 0) is 41.5 Å². The van der Waals surface area contributed by atoms with Gasteiger partial charge in [0, 0.05) is 22.6 Å². The molecular formula is C17H9F4NO2S. The van der Waals surface area contributed by atoms with Crippen molar-refractivity contribution in [1.29, 1.82) is 0 Å². The van der Waals surface area contributed by atoms with Gasteiger partial charge in [0.2, 0.25) is 0 Å². The van der Waals surface area contributed by atoms with E-state index < -0.39 is 21.8 Å². The van der Waals surface area contributed by atoms with Crippen LogP contribution in [0.5, 0.6) is 0 Å². The minimum absolute atomic E-state index is 0.154. The van der Waals surface area contributed by atoms with Gasteiger partial charge >= 0.3 is 6.18 Å². The van der Waals surface area contributed by atoms with E-state index >= 15 is 0 Å². The molecule has 0 unspecified atom stereocenters. The topological polar surface area (TPSA) is 43.1 Å². The van der Waals surface area contributed by atoms with E-state index in [1.165, 1.54) is 48.5 Å². The molecule has 3 rings (SSSR count). The Bertz CT molecular complexity index is 915. The lowest BCUT2D eigenvalue weighted by Gasteiger charge is -2.04. The molecule has 1 heterocycles. The van der Waals surface area contributed by atoms with Gasteiger partial charge in [-0.3, -0.25) is 10.1 Å². The van der Waals surface area contributed by atoms with Gasteiger partial charge in [-0.25, -0.2) is 4.39 Å². The Morgan fingerprint density at radius 2 is 1.48 bits per heavy atom. The summed E-state index contributed by atoms with van der Waals surface area (Å²) in [6, 6.07) is 11.4. The molecule has 0 fully saturated rings. The van der Waals surface area contributed by atoms with Crippen molar-refractivity contribution in [2.24, 2.45) is 0 Å². The van der Waals surface area contributed by atoms with Crippen LogP contribution in [0.4, 0.5) is 23.2 Å². The average Bonchev–Trinajstić information content (AvgIpc) is 3.01. The monoisotopic (exact) mass is 367 g/mol. The number of nitro benzene ring substituents is 1. The Morgan fingerprint density at radius 3 is 2.00 bits per heavy atom. The zero-order valence-electron chi connectivity index (χ0n) is 12.4. The van der Waals surface area contributed by atoms with Gasteiger partial charge in [0.05, 0.1) is 4.92 Å². The first-order valence-electron chi connectivity index (χ1n) is 6.97. The molecule has 1 aromatic heterocycles. The van der Waals surface area contributed by atoms with Gasteiger partial charge in [0.25, 0.3) is 5.69 Å². The van der Waals surface area contributed by atoms with Crippen molar-refractivity contribution < 1.29 is 22.5 Å². The lowest BCUT2D eigenvalue weighted by molar-refractivity contribution is -0.384. The molecule has 0 spiro atoms. The highest BCUT2D eigenvalue weighted by molar-refractivity contribution is 7.16. The first kappa shape index (κ1) is 17.1. The zero-order valence-corrected chi connectivity index (χ0v) is 13.2. The zero-order chi connectivity index (χ0) is 18.2. The first-order chi connectivity index (χ1) is 11.8. The third kappa shape index (κ3) is 3.53. The fourth-order valence-corrected chi connectivity index (χ4v) is 3.38. The van der Waals surface area contributed by atoms with Crippen LogP contribution in [0.2, 0.25) is 0 Å². The lowest BCUT2D eigenvalue weighted by Crippen LogP contribution is -2.00. The van der Waals surface area contributed by atoms with E-state index in [-0.39, 0.29) is 5.69 Å². The Balaban J connectivity index is 2.15. The molecule has 0 N–H and O–H groups in total.